The fourth-order valence-corrected chi connectivity index (χ4v) is 3.68. The molecule has 0 rings (SSSR count). The zero-order chi connectivity index (χ0) is 20.1. The Morgan fingerprint density at radius 1 is 0.607 bits per heavy atom. The number of unbranched alkanes of at least 4 members (excludes halogenated alkanes) is 9. The smallest absolute Gasteiger partial charge is 0.155 e. The van der Waals surface area contributed by atoms with Crippen LogP contribution in [0.5, 0.6) is 0 Å². The number of ether oxygens (including phenoxy) is 1. The molecule has 0 aliphatic heterocycles. The number of hydrogen-bond donors (Lipinski definition) is 0. The minimum atomic E-state index is 0. The zero-order valence-electron chi connectivity index (χ0n) is 20.4. The topological polar surface area (TPSA) is 9.23 Å². The van der Waals surface area contributed by atoms with Gasteiger partial charge in [-0.2, -0.15) is 0 Å². The Bertz CT molecular complexity index is 312. The summed E-state index contributed by atoms with van der Waals surface area (Å²) in [6.45, 7) is 6.72. The quantitative estimate of drug-likeness (QED) is 0.217. The summed E-state index contributed by atoms with van der Waals surface area (Å²) in [6, 6.07) is 0. The first-order chi connectivity index (χ1) is 12.0. The third kappa shape index (κ3) is 24.5. The molecule has 0 fully saturated rings. The molecule has 0 N–H and O–H groups in total. The molecule has 0 spiro atoms. The molecule has 0 heterocycles. The highest BCUT2D eigenvalue weighted by Gasteiger charge is 2.26. The van der Waals surface area contributed by atoms with Crippen molar-refractivity contribution < 1.29 is 38.5 Å². The van der Waals surface area contributed by atoms with Gasteiger partial charge in [-0.05, 0) is 13.3 Å². The molecule has 0 amide bonds. The van der Waals surface area contributed by atoms with Crippen LogP contribution in [0.25, 0.3) is 0 Å². The van der Waals surface area contributed by atoms with Crippen LogP contribution in [-0.2, 0) is 4.74 Å². The van der Waals surface area contributed by atoms with E-state index in [9.17, 15) is 0 Å². The molecule has 0 aromatic rings. The Morgan fingerprint density at radius 2 is 0.964 bits per heavy atom. The number of rotatable bonds is 17. The first kappa shape index (κ1) is 33.1. The van der Waals surface area contributed by atoms with Gasteiger partial charge in [0.15, 0.2) is 6.10 Å². The average molecular weight is 444 g/mol. The van der Waals surface area contributed by atoms with E-state index in [2.05, 4.69) is 56.1 Å². The molecule has 1 unspecified atom stereocenters. The SMILES string of the molecule is CCCCCCCCCCCCC(C)OC(C[N+](C)(C)C)C[N+](C)(C)C.[Cl-].[Cl-]. The highest BCUT2D eigenvalue weighted by Crippen LogP contribution is 2.15. The molecular formula is C23H52Cl2N2O. The number of likely N-dealkylation sites (N-methyl/N-ethyl adjacent to an activating group) is 2. The normalized spacial score (nSPS) is 13.2. The van der Waals surface area contributed by atoms with Crippen LogP contribution in [0.1, 0.15) is 84.5 Å². The van der Waals surface area contributed by atoms with E-state index in [-0.39, 0.29) is 24.8 Å². The van der Waals surface area contributed by atoms with Crippen LogP contribution >= 0.6 is 0 Å². The maximum absolute atomic E-state index is 6.45. The lowest BCUT2D eigenvalue weighted by Gasteiger charge is -2.35. The van der Waals surface area contributed by atoms with Crippen molar-refractivity contribution in [3.05, 3.63) is 0 Å². The van der Waals surface area contributed by atoms with E-state index in [0.717, 1.165) is 22.1 Å². The Kier molecular flexibility index (Phi) is 21.6. The molecule has 0 aliphatic rings. The van der Waals surface area contributed by atoms with Crippen molar-refractivity contribution in [2.45, 2.75) is 96.7 Å². The van der Waals surface area contributed by atoms with Crippen molar-refractivity contribution in [2.75, 3.05) is 55.4 Å². The van der Waals surface area contributed by atoms with Crippen molar-refractivity contribution in [1.29, 1.82) is 0 Å². The van der Waals surface area contributed by atoms with Crippen LogP contribution in [0.2, 0.25) is 0 Å². The Morgan fingerprint density at radius 3 is 1.32 bits per heavy atom. The van der Waals surface area contributed by atoms with E-state index in [4.69, 9.17) is 4.74 Å². The van der Waals surface area contributed by atoms with Gasteiger partial charge in [0, 0.05) is 0 Å². The van der Waals surface area contributed by atoms with Crippen molar-refractivity contribution in [3.63, 3.8) is 0 Å². The van der Waals surface area contributed by atoms with Gasteiger partial charge in [0.2, 0.25) is 0 Å². The number of halogens is 2. The Hall–Kier alpha value is 0.460. The Balaban J connectivity index is -0.00000312. The van der Waals surface area contributed by atoms with Gasteiger partial charge in [-0.1, -0.05) is 71.1 Å². The van der Waals surface area contributed by atoms with Gasteiger partial charge in [0.25, 0.3) is 0 Å². The van der Waals surface area contributed by atoms with Crippen LogP contribution in [0.4, 0.5) is 0 Å². The molecule has 5 heteroatoms. The summed E-state index contributed by atoms with van der Waals surface area (Å²) in [5.74, 6) is 0. The van der Waals surface area contributed by atoms with Crippen molar-refractivity contribution in [1.82, 2.24) is 0 Å². The van der Waals surface area contributed by atoms with Crippen LogP contribution in [-0.4, -0.2) is 76.5 Å². The van der Waals surface area contributed by atoms with Gasteiger partial charge < -0.3 is 38.5 Å². The molecule has 0 aromatic carbocycles. The van der Waals surface area contributed by atoms with Gasteiger partial charge in [0.05, 0.1) is 48.4 Å². The second kappa shape index (κ2) is 18.2. The standard InChI is InChI=1S/C23H52N2O.2ClH/c1-9-10-11-12-13-14-15-16-17-18-19-22(2)26-23(20-24(3,4)5)21-25(6,7)8;;/h22-23H,9-21H2,1-8H3;2*1H/q+2;;/p-2. The maximum atomic E-state index is 6.45. The average Bonchev–Trinajstić information content (AvgIpc) is 2.45. The van der Waals surface area contributed by atoms with E-state index in [0.29, 0.717) is 12.2 Å². The van der Waals surface area contributed by atoms with Gasteiger partial charge in [-0.3, -0.25) is 0 Å². The summed E-state index contributed by atoms with van der Waals surface area (Å²) in [6.07, 6.45) is 16.0. The number of nitrogens with zero attached hydrogens (tertiary/aromatic N) is 2. The van der Waals surface area contributed by atoms with Gasteiger partial charge >= 0.3 is 0 Å². The summed E-state index contributed by atoms with van der Waals surface area (Å²) in [4.78, 5) is 0. The fourth-order valence-electron chi connectivity index (χ4n) is 3.68. The maximum Gasteiger partial charge on any atom is 0.155 e. The minimum Gasteiger partial charge on any atom is -1.00 e. The predicted molar refractivity (Wildman–Crippen MR) is 117 cm³/mol. The first-order valence-electron chi connectivity index (χ1n) is 11.3. The largest absolute Gasteiger partial charge is 1.00 e. The van der Waals surface area contributed by atoms with Crippen molar-refractivity contribution in [2.24, 2.45) is 0 Å². The van der Waals surface area contributed by atoms with E-state index in [1.807, 2.05) is 0 Å². The van der Waals surface area contributed by atoms with E-state index in [1.54, 1.807) is 0 Å². The molecule has 174 valence electrons. The van der Waals surface area contributed by atoms with Crippen LogP contribution in [0, 0.1) is 0 Å². The second-order valence-electron chi connectivity index (χ2n) is 10.5. The van der Waals surface area contributed by atoms with Crippen LogP contribution in [0.15, 0.2) is 0 Å². The molecule has 0 saturated carbocycles. The van der Waals surface area contributed by atoms with E-state index >= 15 is 0 Å². The van der Waals surface area contributed by atoms with Crippen molar-refractivity contribution in [3.8, 4) is 0 Å². The summed E-state index contributed by atoms with van der Waals surface area (Å²) < 4.78 is 8.39. The second-order valence-corrected chi connectivity index (χ2v) is 10.5. The van der Waals surface area contributed by atoms with Gasteiger partial charge in [0.1, 0.15) is 13.1 Å². The monoisotopic (exact) mass is 442 g/mol. The summed E-state index contributed by atoms with van der Waals surface area (Å²) >= 11 is 0. The van der Waals surface area contributed by atoms with Crippen LogP contribution in [0.3, 0.4) is 0 Å². The third-order valence-corrected chi connectivity index (χ3v) is 4.89. The fraction of sp³-hybridized carbons (Fsp3) is 1.00. The van der Waals surface area contributed by atoms with Gasteiger partial charge in [-0.15, -0.1) is 0 Å². The number of hydrogen-bond acceptors (Lipinski definition) is 1. The molecule has 0 radical (unpaired) electrons. The van der Waals surface area contributed by atoms with Crippen molar-refractivity contribution >= 4 is 0 Å². The first-order valence-corrected chi connectivity index (χ1v) is 11.3. The predicted octanol–water partition coefficient (Wildman–Crippen LogP) is -0.508. The third-order valence-electron chi connectivity index (χ3n) is 4.89. The Labute approximate surface area is 190 Å². The summed E-state index contributed by atoms with van der Waals surface area (Å²) in [7, 11) is 13.6. The molecule has 3 nitrogen and oxygen atoms in total. The lowest BCUT2D eigenvalue weighted by atomic mass is 10.0. The molecule has 0 saturated heterocycles. The number of quaternary nitrogens is 2. The van der Waals surface area contributed by atoms with E-state index < -0.39 is 0 Å². The summed E-state index contributed by atoms with van der Waals surface area (Å²) in [5.41, 5.74) is 0. The highest BCUT2D eigenvalue weighted by atomic mass is 35.5. The molecule has 0 aromatic heterocycles. The van der Waals surface area contributed by atoms with E-state index in [1.165, 1.54) is 70.6 Å². The lowest BCUT2D eigenvalue weighted by Crippen LogP contribution is -3.00. The molecular weight excluding hydrogens is 391 g/mol. The molecule has 28 heavy (non-hydrogen) atoms. The molecule has 1 atom stereocenters. The molecule has 0 aliphatic carbocycles. The van der Waals surface area contributed by atoms with Gasteiger partial charge in [-0.25, -0.2) is 0 Å². The zero-order valence-corrected chi connectivity index (χ0v) is 21.9. The molecule has 0 bridgehead atoms. The lowest BCUT2D eigenvalue weighted by molar-refractivity contribution is -0.896. The van der Waals surface area contributed by atoms with Crippen LogP contribution < -0.4 is 24.8 Å². The highest BCUT2D eigenvalue weighted by molar-refractivity contribution is 4.61. The minimum absolute atomic E-state index is 0. The summed E-state index contributed by atoms with van der Waals surface area (Å²) in [5, 5.41) is 0.